The molecule has 8 heteroatoms. The largest absolute Gasteiger partial charge is 0.494 e. The molecule has 1 unspecified atom stereocenters. The maximum atomic E-state index is 13.0. The Kier molecular flexibility index (Phi) is 8.28. The zero-order chi connectivity index (χ0) is 22.2. The number of ether oxygens (including phenoxy) is 2. The van der Waals surface area contributed by atoms with E-state index >= 15 is 0 Å². The SMILES string of the molecule is CCCCCCOc1ccc(N2C(=O)CC(N3CCN(C(=O)OCC)CC3)C2=O)cc1. The van der Waals surface area contributed by atoms with Crippen molar-refractivity contribution in [2.24, 2.45) is 0 Å². The first-order chi connectivity index (χ1) is 15.0. The average molecular weight is 432 g/mol. The minimum Gasteiger partial charge on any atom is -0.494 e. The molecule has 2 aliphatic rings. The van der Waals surface area contributed by atoms with Crippen LogP contribution in [0, 0.1) is 0 Å². The van der Waals surface area contributed by atoms with Crippen molar-refractivity contribution >= 4 is 23.6 Å². The van der Waals surface area contributed by atoms with Crippen molar-refractivity contribution < 1.29 is 23.9 Å². The first-order valence-corrected chi connectivity index (χ1v) is 11.3. The molecule has 8 nitrogen and oxygen atoms in total. The number of piperazine rings is 1. The highest BCUT2D eigenvalue weighted by atomic mass is 16.6. The molecule has 2 aliphatic heterocycles. The van der Waals surface area contributed by atoms with Crippen LogP contribution in [0.2, 0.25) is 0 Å². The van der Waals surface area contributed by atoms with E-state index in [4.69, 9.17) is 9.47 Å². The predicted octanol–water partition coefficient (Wildman–Crippen LogP) is 3.05. The van der Waals surface area contributed by atoms with Gasteiger partial charge in [-0.1, -0.05) is 26.2 Å². The summed E-state index contributed by atoms with van der Waals surface area (Å²) in [6, 6.07) is 6.66. The third kappa shape index (κ3) is 5.76. The zero-order valence-corrected chi connectivity index (χ0v) is 18.5. The van der Waals surface area contributed by atoms with Gasteiger partial charge in [0.2, 0.25) is 5.91 Å². The molecule has 0 aliphatic carbocycles. The summed E-state index contributed by atoms with van der Waals surface area (Å²) in [5.74, 6) is 0.338. The average Bonchev–Trinajstić information content (AvgIpc) is 3.08. The molecule has 31 heavy (non-hydrogen) atoms. The smallest absolute Gasteiger partial charge is 0.409 e. The summed E-state index contributed by atoms with van der Waals surface area (Å²) in [5.41, 5.74) is 0.570. The topological polar surface area (TPSA) is 79.4 Å². The van der Waals surface area contributed by atoms with Crippen molar-refractivity contribution in [3.8, 4) is 5.75 Å². The first-order valence-electron chi connectivity index (χ1n) is 11.3. The van der Waals surface area contributed by atoms with E-state index in [9.17, 15) is 14.4 Å². The predicted molar refractivity (Wildman–Crippen MR) is 117 cm³/mol. The Morgan fingerprint density at radius 3 is 2.35 bits per heavy atom. The van der Waals surface area contributed by atoms with Crippen LogP contribution in [0.25, 0.3) is 0 Å². The Morgan fingerprint density at radius 2 is 1.71 bits per heavy atom. The Morgan fingerprint density at radius 1 is 1.00 bits per heavy atom. The summed E-state index contributed by atoms with van der Waals surface area (Å²) in [6.07, 6.45) is 4.40. The standard InChI is InChI=1S/C23H33N3O5/c1-3-5-6-7-16-31-19-10-8-18(9-11-19)26-21(27)17-20(22(26)28)24-12-14-25(15-13-24)23(29)30-4-2/h8-11,20H,3-7,12-17H2,1-2H3. The van der Waals surface area contributed by atoms with Crippen LogP contribution in [0.3, 0.4) is 0 Å². The van der Waals surface area contributed by atoms with Gasteiger partial charge in [-0.15, -0.1) is 0 Å². The van der Waals surface area contributed by atoms with Gasteiger partial charge in [0.25, 0.3) is 5.91 Å². The maximum absolute atomic E-state index is 13.0. The third-order valence-electron chi connectivity index (χ3n) is 5.77. The molecule has 1 atom stereocenters. The fraction of sp³-hybridized carbons (Fsp3) is 0.609. The Bertz CT molecular complexity index is 759. The third-order valence-corrected chi connectivity index (χ3v) is 5.77. The summed E-state index contributed by atoms with van der Waals surface area (Å²) in [6.45, 7) is 7.02. The van der Waals surface area contributed by atoms with Crippen LogP contribution >= 0.6 is 0 Å². The van der Waals surface area contributed by atoms with Crippen molar-refractivity contribution in [1.82, 2.24) is 9.80 Å². The second-order valence-electron chi connectivity index (χ2n) is 7.91. The normalized spacial score (nSPS) is 19.7. The molecule has 0 aromatic heterocycles. The maximum Gasteiger partial charge on any atom is 0.409 e. The van der Waals surface area contributed by atoms with Gasteiger partial charge in [-0.2, -0.15) is 0 Å². The number of anilines is 1. The summed E-state index contributed by atoms with van der Waals surface area (Å²) < 4.78 is 10.8. The summed E-state index contributed by atoms with van der Waals surface area (Å²) >= 11 is 0. The number of unbranched alkanes of at least 4 members (excludes halogenated alkanes) is 3. The van der Waals surface area contributed by atoms with Gasteiger partial charge in [-0.25, -0.2) is 9.69 Å². The highest BCUT2D eigenvalue weighted by Crippen LogP contribution is 2.28. The van der Waals surface area contributed by atoms with E-state index in [0.717, 1.165) is 18.6 Å². The molecule has 3 amide bonds. The van der Waals surface area contributed by atoms with Crippen LogP contribution in [0.15, 0.2) is 24.3 Å². The van der Waals surface area contributed by atoms with E-state index in [-0.39, 0.29) is 24.3 Å². The number of hydrogen-bond acceptors (Lipinski definition) is 6. The van der Waals surface area contributed by atoms with E-state index in [1.165, 1.54) is 17.7 Å². The number of hydrogen-bond donors (Lipinski definition) is 0. The molecule has 2 saturated heterocycles. The lowest BCUT2D eigenvalue weighted by Gasteiger charge is -2.36. The summed E-state index contributed by atoms with van der Waals surface area (Å²) in [7, 11) is 0. The lowest BCUT2D eigenvalue weighted by molar-refractivity contribution is -0.123. The van der Waals surface area contributed by atoms with Gasteiger partial charge >= 0.3 is 6.09 Å². The number of benzene rings is 1. The van der Waals surface area contributed by atoms with Gasteiger partial charge in [0.1, 0.15) is 5.75 Å². The van der Waals surface area contributed by atoms with Gasteiger partial charge in [-0.05, 0) is 37.6 Å². The Labute approximate surface area is 184 Å². The molecular weight excluding hydrogens is 398 g/mol. The van der Waals surface area contributed by atoms with Gasteiger partial charge in [-0.3, -0.25) is 14.5 Å². The number of carbonyl (C=O) groups excluding carboxylic acids is 3. The molecule has 0 bridgehead atoms. The fourth-order valence-electron chi connectivity index (χ4n) is 4.01. The molecule has 1 aromatic rings. The van der Waals surface area contributed by atoms with Crippen molar-refractivity contribution in [1.29, 1.82) is 0 Å². The second kappa shape index (κ2) is 11.1. The number of amides is 3. The van der Waals surface area contributed by atoms with Gasteiger partial charge in [0.15, 0.2) is 0 Å². The lowest BCUT2D eigenvalue weighted by atomic mass is 10.2. The number of nitrogens with zero attached hydrogens (tertiary/aromatic N) is 3. The number of rotatable bonds is 9. The van der Waals surface area contributed by atoms with Crippen LogP contribution in [-0.4, -0.2) is 73.1 Å². The van der Waals surface area contributed by atoms with Gasteiger partial charge in [0.05, 0.1) is 31.4 Å². The summed E-state index contributed by atoms with van der Waals surface area (Å²) in [4.78, 5) is 42.4. The van der Waals surface area contributed by atoms with Crippen molar-refractivity contribution in [2.75, 3.05) is 44.3 Å². The van der Waals surface area contributed by atoms with Crippen molar-refractivity contribution in [3.63, 3.8) is 0 Å². The molecule has 2 heterocycles. The van der Waals surface area contributed by atoms with E-state index in [0.29, 0.717) is 45.1 Å². The van der Waals surface area contributed by atoms with Gasteiger partial charge < -0.3 is 14.4 Å². The highest BCUT2D eigenvalue weighted by Gasteiger charge is 2.43. The zero-order valence-electron chi connectivity index (χ0n) is 18.5. The quantitative estimate of drug-likeness (QED) is 0.442. The molecular formula is C23H33N3O5. The molecule has 0 saturated carbocycles. The minimum atomic E-state index is -0.480. The molecule has 1 aromatic carbocycles. The summed E-state index contributed by atoms with van der Waals surface area (Å²) in [5, 5.41) is 0. The van der Waals surface area contributed by atoms with Crippen molar-refractivity contribution in [3.05, 3.63) is 24.3 Å². The number of carbonyl (C=O) groups is 3. The molecule has 3 rings (SSSR count). The van der Waals surface area contributed by atoms with Crippen LogP contribution < -0.4 is 9.64 Å². The van der Waals surface area contributed by atoms with Crippen LogP contribution in [0.5, 0.6) is 5.75 Å². The lowest BCUT2D eigenvalue weighted by Crippen LogP contribution is -2.54. The van der Waals surface area contributed by atoms with Crippen LogP contribution in [0.4, 0.5) is 10.5 Å². The molecule has 170 valence electrons. The Balaban J connectivity index is 1.54. The van der Waals surface area contributed by atoms with Crippen LogP contribution in [0.1, 0.15) is 46.0 Å². The second-order valence-corrected chi connectivity index (χ2v) is 7.91. The minimum absolute atomic E-state index is 0.161. The van der Waals surface area contributed by atoms with E-state index in [1.54, 1.807) is 36.1 Å². The molecule has 0 spiro atoms. The Hall–Kier alpha value is -2.61. The molecule has 2 fully saturated rings. The van der Waals surface area contributed by atoms with Crippen molar-refractivity contribution in [2.45, 2.75) is 52.0 Å². The van der Waals surface area contributed by atoms with Gasteiger partial charge in [0, 0.05) is 26.2 Å². The van der Waals surface area contributed by atoms with E-state index in [1.807, 2.05) is 4.90 Å². The first kappa shape index (κ1) is 23.1. The van der Waals surface area contributed by atoms with E-state index < -0.39 is 6.04 Å². The number of imide groups is 1. The monoisotopic (exact) mass is 431 g/mol. The van der Waals surface area contributed by atoms with E-state index in [2.05, 4.69) is 6.92 Å². The highest BCUT2D eigenvalue weighted by molar-refractivity contribution is 6.22. The van der Waals surface area contributed by atoms with Crippen LogP contribution in [-0.2, 0) is 14.3 Å². The molecule has 0 radical (unpaired) electrons. The fourth-order valence-corrected chi connectivity index (χ4v) is 4.01. The molecule has 0 N–H and O–H groups in total.